The zero-order valence-corrected chi connectivity index (χ0v) is 19.2. The predicted octanol–water partition coefficient (Wildman–Crippen LogP) is 3.87. The molecular weight excluding hydrogens is 471 g/mol. The van der Waals surface area contributed by atoms with Crippen LogP contribution in [0, 0.1) is 13.8 Å². The molecule has 0 fully saturated rings. The molecule has 27 heavy (non-hydrogen) atoms. The molecule has 2 N–H and O–H groups in total. The van der Waals surface area contributed by atoms with Crippen molar-refractivity contribution in [3.8, 4) is 0 Å². The molecule has 1 aromatic carbocycles. The van der Waals surface area contributed by atoms with Crippen molar-refractivity contribution >= 4 is 52.3 Å². The van der Waals surface area contributed by atoms with Crippen LogP contribution in [-0.2, 0) is 13.1 Å². The van der Waals surface area contributed by atoms with Crippen LogP contribution < -0.4 is 10.6 Å². The van der Waals surface area contributed by atoms with Gasteiger partial charge < -0.3 is 15.2 Å². The van der Waals surface area contributed by atoms with Crippen molar-refractivity contribution < 1.29 is 0 Å². The molecule has 3 aromatic rings. The fourth-order valence-corrected chi connectivity index (χ4v) is 3.59. The van der Waals surface area contributed by atoms with Crippen molar-refractivity contribution in [1.29, 1.82) is 0 Å². The molecule has 6 nitrogen and oxygen atoms in total. The van der Waals surface area contributed by atoms with E-state index < -0.39 is 0 Å². The zero-order valence-electron chi connectivity index (χ0n) is 16.0. The summed E-state index contributed by atoms with van der Waals surface area (Å²) in [5.74, 6) is 1.92. The Morgan fingerprint density at radius 1 is 1.22 bits per heavy atom. The van der Waals surface area contributed by atoms with E-state index in [1.807, 2.05) is 18.5 Å². The van der Waals surface area contributed by atoms with Gasteiger partial charge in [0.2, 0.25) is 0 Å². The molecule has 0 aliphatic rings. The van der Waals surface area contributed by atoms with Crippen LogP contribution in [0.25, 0.3) is 11.0 Å². The molecule has 0 atom stereocenters. The van der Waals surface area contributed by atoms with Gasteiger partial charge in [0.1, 0.15) is 5.82 Å². The van der Waals surface area contributed by atoms with Crippen molar-refractivity contribution in [3.05, 3.63) is 46.2 Å². The third-order valence-corrected chi connectivity index (χ3v) is 5.19. The third kappa shape index (κ3) is 5.65. The highest BCUT2D eigenvalue weighted by Gasteiger charge is 2.06. The quantitative estimate of drug-likeness (QED) is 0.225. The number of benzene rings is 1. The first kappa shape index (κ1) is 21.6. The van der Waals surface area contributed by atoms with Gasteiger partial charge in [-0.25, -0.2) is 15.0 Å². The first-order valence-corrected chi connectivity index (χ1v) is 9.90. The number of aryl methyl sites for hydroxylation is 3. The van der Waals surface area contributed by atoms with Gasteiger partial charge in [-0.05, 0) is 39.3 Å². The van der Waals surface area contributed by atoms with E-state index in [9.17, 15) is 0 Å². The number of aromatic nitrogens is 3. The van der Waals surface area contributed by atoms with E-state index in [0.717, 1.165) is 49.0 Å². The van der Waals surface area contributed by atoms with E-state index in [-0.39, 0.29) is 24.0 Å². The Labute approximate surface area is 181 Å². The Morgan fingerprint density at radius 2 is 2.04 bits per heavy atom. The molecular formula is C19H27IN6S. The van der Waals surface area contributed by atoms with E-state index >= 15 is 0 Å². The number of hydrogen-bond acceptors (Lipinski definition) is 4. The number of rotatable bonds is 7. The summed E-state index contributed by atoms with van der Waals surface area (Å²) in [5, 5.41) is 6.73. The summed E-state index contributed by atoms with van der Waals surface area (Å²) in [6.07, 6.45) is 1.01. The summed E-state index contributed by atoms with van der Waals surface area (Å²) in [6.45, 7) is 9.48. The van der Waals surface area contributed by atoms with E-state index in [1.54, 1.807) is 11.3 Å². The number of halogens is 1. The minimum absolute atomic E-state index is 0. The SMILES string of the molecule is CCNC(=NCc1scnc1C)NCCCn1c(C)nc2ccccc21.I. The Bertz CT molecular complexity index is 885. The van der Waals surface area contributed by atoms with Crippen molar-refractivity contribution in [1.82, 2.24) is 25.2 Å². The molecule has 0 bridgehead atoms. The fourth-order valence-electron chi connectivity index (χ4n) is 2.89. The number of nitrogens with zero attached hydrogens (tertiary/aromatic N) is 4. The summed E-state index contributed by atoms with van der Waals surface area (Å²) >= 11 is 1.65. The maximum atomic E-state index is 4.66. The minimum atomic E-state index is 0. The smallest absolute Gasteiger partial charge is 0.191 e. The molecule has 0 aliphatic carbocycles. The molecule has 3 rings (SSSR count). The van der Waals surface area contributed by atoms with Crippen LogP contribution in [0.3, 0.4) is 0 Å². The number of hydrogen-bond donors (Lipinski definition) is 2. The number of nitrogens with one attached hydrogen (secondary N) is 2. The molecule has 146 valence electrons. The summed E-state index contributed by atoms with van der Waals surface area (Å²) in [7, 11) is 0. The lowest BCUT2D eigenvalue weighted by Crippen LogP contribution is -2.38. The number of guanidine groups is 1. The maximum Gasteiger partial charge on any atom is 0.191 e. The fraction of sp³-hybridized carbons (Fsp3) is 0.421. The van der Waals surface area contributed by atoms with Gasteiger partial charge in [0.05, 0.1) is 28.8 Å². The van der Waals surface area contributed by atoms with Gasteiger partial charge >= 0.3 is 0 Å². The average Bonchev–Trinajstić information content (AvgIpc) is 3.19. The molecule has 2 heterocycles. The normalized spacial score (nSPS) is 11.4. The number of thiazole rings is 1. The van der Waals surface area contributed by atoms with Crippen LogP contribution in [-0.4, -0.2) is 33.6 Å². The summed E-state index contributed by atoms with van der Waals surface area (Å²) < 4.78 is 2.28. The molecule has 2 aromatic heterocycles. The third-order valence-electron chi connectivity index (χ3n) is 4.27. The highest BCUT2D eigenvalue weighted by Crippen LogP contribution is 2.15. The maximum absolute atomic E-state index is 4.66. The van der Waals surface area contributed by atoms with Crippen molar-refractivity contribution in [2.24, 2.45) is 4.99 Å². The monoisotopic (exact) mass is 498 g/mol. The summed E-state index contributed by atoms with van der Waals surface area (Å²) in [6, 6.07) is 8.29. The Balaban J connectivity index is 0.00000261. The highest BCUT2D eigenvalue weighted by atomic mass is 127. The highest BCUT2D eigenvalue weighted by molar-refractivity contribution is 14.0. The van der Waals surface area contributed by atoms with Crippen molar-refractivity contribution in [2.75, 3.05) is 13.1 Å². The molecule has 8 heteroatoms. The molecule has 0 amide bonds. The molecule has 0 unspecified atom stereocenters. The number of fused-ring (bicyclic) bond motifs is 1. The van der Waals surface area contributed by atoms with Gasteiger partial charge in [-0.2, -0.15) is 0 Å². The second-order valence-electron chi connectivity index (χ2n) is 6.14. The van der Waals surface area contributed by atoms with Crippen molar-refractivity contribution in [3.63, 3.8) is 0 Å². The molecule has 0 saturated heterocycles. The van der Waals surface area contributed by atoms with Crippen LogP contribution in [0.4, 0.5) is 0 Å². The lowest BCUT2D eigenvalue weighted by molar-refractivity contribution is 0.624. The van der Waals surface area contributed by atoms with E-state index in [1.165, 1.54) is 10.4 Å². The number of para-hydroxylation sites is 2. The summed E-state index contributed by atoms with van der Waals surface area (Å²) in [5.41, 5.74) is 5.20. The lowest BCUT2D eigenvalue weighted by atomic mass is 10.3. The minimum Gasteiger partial charge on any atom is -0.357 e. The Kier molecular flexibility index (Phi) is 8.49. The van der Waals surface area contributed by atoms with E-state index in [0.29, 0.717) is 6.54 Å². The number of imidazole rings is 1. The Morgan fingerprint density at radius 3 is 2.78 bits per heavy atom. The topological polar surface area (TPSA) is 67.1 Å². The second kappa shape index (κ2) is 10.6. The average molecular weight is 498 g/mol. The lowest BCUT2D eigenvalue weighted by Gasteiger charge is -2.12. The van der Waals surface area contributed by atoms with E-state index in [2.05, 4.69) is 62.2 Å². The van der Waals surface area contributed by atoms with Gasteiger partial charge in [0, 0.05) is 24.5 Å². The second-order valence-corrected chi connectivity index (χ2v) is 7.08. The summed E-state index contributed by atoms with van der Waals surface area (Å²) in [4.78, 5) is 14.8. The molecule has 0 saturated carbocycles. The van der Waals surface area contributed by atoms with Crippen molar-refractivity contribution in [2.45, 2.75) is 40.3 Å². The predicted molar refractivity (Wildman–Crippen MR) is 124 cm³/mol. The van der Waals surface area contributed by atoms with Gasteiger partial charge in [-0.15, -0.1) is 35.3 Å². The van der Waals surface area contributed by atoms with Crippen LogP contribution >= 0.6 is 35.3 Å². The first-order valence-electron chi connectivity index (χ1n) is 9.02. The molecule has 0 spiro atoms. The zero-order chi connectivity index (χ0) is 18.4. The van der Waals surface area contributed by atoms with E-state index in [4.69, 9.17) is 0 Å². The van der Waals surface area contributed by atoms with Gasteiger partial charge in [0.15, 0.2) is 5.96 Å². The Hall–Kier alpha value is -1.68. The molecule has 0 radical (unpaired) electrons. The molecule has 0 aliphatic heterocycles. The largest absolute Gasteiger partial charge is 0.357 e. The van der Waals surface area contributed by atoms with Crippen LogP contribution in [0.15, 0.2) is 34.8 Å². The van der Waals surface area contributed by atoms with Crippen LogP contribution in [0.2, 0.25) is 0 Å². The number of aliphatic imine (C=N–C) groups is 1. The first-order chi connectivity index (χ1) is 12.7. The van der Waals surface area contributed by atoms with Gasteiger partial charge in [-0.3, -0.25) is 0 Å². The van der Waals surface area contributed by atoms with Crippen LogP contribution in [0.1, 0.15) is 29.7 Å². The van der Waals surface area contributed by atoms with Crippen LogP contribution in [0.5, 0.6) is 0 Å². The van der Waals surface area contributed by atoms with Gasteiger partial charge in [0.25, 0.3) is 0 Å². The van der Waals surface area contributed by atoms with Gasteiger partial charge in [-0.1, -0.05) is 12.1 Å². The standard InChI is InChI=1S/C19H26N6S.HI/c1-4-20-19(22-12-18-14(2)23-13-26-18)21-10-7-11-25-15(3)24-16-8-5-6-9-17(16)25;/h5-6,8-9,13H,4,7,10-12H2,1-3H3,(H2,20,21,22);1H.